The van der Waals surface area contributed by atoms with Crippen molar-refractivity contribution < 1.29 is 9.18 Å². The van der Waals surface area contributed by atoms with E-state index in [-0.39, 0.29) is 24.1 Å². The Kier molecular flexibility index (Phi) is 9.16. The summed E-state index contributed by atoms with van der Waals surface area (Å²) in [5, 5.41) is 10.2. The smallest absolute Gasteiger partial charge is 0.236 e. The molecule has 5 nitrogen and oxygen atoms in total. The lowest BCUT2D eigenvalue weighted by molar-refractivity contribution is -0.128. The number of aryl methyl sites for hydroxylation is 1. The van der Waals surface area contributed by atoms with Crippen molar-refractivity contribution >= 4 is 18.3 Å². The molecule has 2 N–H and O–H groups in total. The van der Waals surface area contributed by atoms with Gasteiger partial charge in [-0.3, -0.25) is 9.89 Å². The van der Waals surface area contributed by atoms with Crippen LogP contribution in [0.1, 0.15) is 25.0 Å². The van der Waals surface area contributed by atoms with Gasteiger partial charge in [0.15, 0.2) is 0 Å². The van der Waals surface area contributed by atoms with Gasteiger partial charge < -0.3 is 10.2 Å². The molecule has 2 rings (SSSR count). The maximum Gasteiger partial charge on any atom is 0.236 e. The van der Waals surface area contributed by atoms with Crippen LogP contribution in [-0.4, -0.2) is 48.2 Å². The lowest BCUT2D eigenvalue weighted by Crippen LogP contribution is -2.34. The van der Waals surface area contributed by atoms with Crippen LogP contribution in [0.2, 0.25) is 0 Å². The molecule has 0 aliphatic rings. The van der Waals surface area contributed by atoms with Gasteiger partial charge in [-0.15, -0.1) is 12.4 Å². The molecule has 0 saturated carbocycles. The minimum absolute atomic E-state index is 0. The quantitative estimate of drug-likeness (QED) is 0.669. The molecule has 1 heterocycles. The Balaban J connectivity index is 0.00000312. The van der Waals surface area contributed by atoms with Crippen LogP contribution >= 0.6 is 12.4 Å². The maximum absolute atomic E-state index is 12.9. The first-order chi connectivity index (χ1) is 11.6. The van der Waals surface area contributed by atoms with Crippen molar-refractivity contribution in [1.29, 1.82) is 0 Å². The first-order valence-electron chi connectivity index (χ1n) is 8.29. The van der Waals surface area contributed by atoms with Gasteiger partial charge in [0.2, 0.25) is 5.91 Å². The fraction of sp³-hybridized carbons (Fsp3) is 0.444. The van der Waals surface area contributed by atoms with E-state index in [9.17, 15) is 9.18 Å². The number of carbonyl (C=O) groups is 1. The van der Waals surface area contributed by atoms with E-state index in [1.165, 1.54) is 12.1 Å². The molecule has 0 radical (unpaired) electrons. The molecule has 0 fully saturated rings. The van der Waals surface area contributed by atoms with Gasteiger partial charge in [0, 0.05) is 24.8 Å². The number of rotatable bonds is 9. The second-order valence-electron chi connectivity index (χ2n) is 5.94. The highest BCUT2D eigenvalue weighted by Gasteiger charge is 2.07. The molecule has 0 spiro atoms. The van der Waals surface area contributed by atoms with Crippen LogP contribution in [0.25, 0.3) is 11.3 Å². The number of unbranched alkanes of at least 4 members (excludes halogenated alkanes) is 2. The summed E-state index contributed by atoms with van der Waals surface area (Å²) in [6, 6.07) is 8.35. The number of nitrogens with one attached hydrogen (secondary N) is 2. The maximum atomic E-state index is 12.9. The van der Waals surface area contributed by atoms with Gasteiger partial charge in [0.25, 0.3) is 0 Å². The van der Waals surface area contributed by atoms with Gasteiger partial charge in [-0.05, 0) is 56.6 Å². The molecular weight excluding hydrogens is 343 g/mol. The van der Waals surface area contributed by atoms with Crippen LogP contribution in [0.3, 0.4) is 0 Å². The summed E-state index contributed by atoms with van der Waals surface area (Å²) in [5.74, 6) is -0.123. The molecule has 2 aromatic rings. The van der Waals surface area contributed by atoms with E-state index in [0.717, 1.165) is 49.2 Å². The third kappa shape index (κ3) is 6.84. The second-order valence-corrected chi connectivity index (χ2v) is 5.94. The van der Waals surface area contributed by atoms with Gasteiger partial charge in [-0.25, -0.2) is 4.39 Å². The predicted molar refractivity (Wildman–Crippen MR) is 100 cm³/mol. The Morgan fingerprint density at radius 1 is 1.24 bits per heavy atom. The lowest BCUT2D eigenvalue weighted by atomic mass is 10.1. The van der Waals surface area contributed by atoms with E-state index in [2.05, 4.69) is 15.5 Å². The third-order valence-electron chi connectivity index (χ3n) is 3.96. The first kappa shape index (κ1) is 21.1. The van der Waals surface area contributed by atoms with Crippen molar-refractivity contribution in [3.05, 3.63) is 41.8 Å². The highest BCUT2D eigenvalue weighted by molar-refractivity contribution is 5.85. The number of likely N-dealkylation sites (N-methyl/N-ethyl adjacent to an activating group) is 2. The fourth-order valence-corrected chi connectivity index (χ4v) is 2.51. The number of nitrogens with zero attached hydrogens (tertiary/aromatic N) is 2. The van der Waals surface area contributed by atoms with E-state index < -0.39 is 0 Å². The number of halogens is 2. The summed E-state index contributed by atoms with van der Waals surface area (Å²) in [6.45, 7) is 1.17. The number of aromatic amines is 1. The summed E-state index contributed by atoms with van der Waals surface area (Å²) in [6.07, 6.45) is 4.01. The first-order valence-corrected chi connectivity index (χ1v) is 8.29. The van der Waals surface area contributed by atoms with Crippen molar-refractivity contribution in [3.8, 4) is 11.3 Å². The van der Waals surface area contributed by atoms with Crippen molar-refractivity contribution in [1.82, 2.24) is 20.4 Å². The zero-order valence-corrected chi connectivity index (χ0v) is 15.5. The summed E-state index contributed by atoms with van der Waals surface area (Å²) in [5.41, 5.74) is 2.82. The van der Waals surface area contributed by atoms with Gasteiger partial charge in [0.1, 0.15) is 5.82 Å². The Morgan fingerprint density at radius 3 is 2.64 bits per heavy atom. The molecule has 1 aromatic heterocycles. The van der Waals surface area contributed by atoms with Crippen LogP contribution in [0.4, 0.5) is 4.39 Å². The minimum Gasteiger partial charge on any atom is -0.345 e. The van der Waals surface area contributed by atoms with E-state index in [1.807, 2.05) is 13.1 Å². The molecule has 0 bridgehead atoms. The van der Waals surface area contributed by atoms with Crippen molar-refractivity contribution in [2.75, 3.05) is 27.2 Å². The highest BCUT2D eigenvalue weighted by Crippen LogP contribution is 2.18. The molecule has 0 atom stereocenters. The van der Waals surface area contributed by atoms with E-state index in [1.54, 1.807) is 24.1 Å². The Labute approximate surface area is 154 Å². The standard InChI is InChI=1S/C18H25FN4O.ClH/c1-20-13-18(24)23(2)11-5-3-4-6-16-12-17(22-21-16)14-7-9-15(19)10-8-14;/h7-10,12,20H,3-6,11,13H2,1-2H3,(H,21,22);1H. The number of H-pyrrole nitrogens is 1. The molecular formula is C18H26ClFN4O. The number of benzene rings is 1. The Hall–Kier alpha value is -1.92. The van der Waals surface area contributed by atoms with Crippen molar-refractivity contribution in [3.63, 3.8) is 0 Å². The Bertz CT molecular complexity index is 645. The summed E-state index contributed by atoms with van der Waals surface area (Å²) in [7, 11) is 3.61. The van der Waals surface area contributed by atoms with E-state index in [4.69, 9.17) is 0 Å². The number of amides is 1. The zero-order chi connectivity index (χ0) is 17.4. The number of aromatic nitrogens is 2. The summed E-state index contributed by atoms with van der Waals surface area (Å²) < 4.78 is 12.9. The van der Waals surface area contributed by atoms with Crippen LogP contribution < -0.4 is 5.32 Å². The molecule has 25 heavy (non-hydrogen) atoms. The fourth-order valence-electron chi connectivity index (χ4n) is 2.51. The average Bonchev–Trinajstić information content (AvgIpc) is 3.04. The largest absolute Gasteiger partial charge is 0.345 e. The third-order valence-corrected chi connectivity index (χ3v) is 3.96. The minimum atomic E-state index is -0.243. The molecule has 0 aliphatic carbocycles. The number of hydrogen-bond donors (Lipinski definition) is 2. The number of hydrogen-bond acceptors (Lipinski definition) is 3. The highest BCUT2D eigenvalue weighted by atomic mass is 35.5. The van der Waals surface area contributed by atoms with Gasteiger partial charge in [-0.2, -0.15) is 5.10 Å². The van der Waals surface area contributed by atoms with Crippen LogP contribution in [0.15, 0.2) is 30.3 Å². The molecule has 1 aromatic carbocycles. The van der Waals surface area contributed by atoms with Gasteiger partial charge in [0.05, 0.1) is 12.2 Å². The molecule has 0 saturated heterocycles. The Morgan fingerprint density at radius 2 is 1.96 bits per heavy atom. The molecule has 1 amide bonds. The molecule has 0 unspecified atom stereocenters. The second kappa shape index (κ2) is 10.8. The van der Waals surface area contributed by atoms with Crippen LogP contribution in [0, 0.1) is 5.82 Å². The summed E-state index contributed by atoms with van der Waals surface area (Å²) in [4.78, 5) is 13.4. The topological polar surface area (TPSA) is 61.0 Å². The number of carbonyl (C=O) groups excluding carboxylic acids is 1. The van der Waals surface area contributed by atoms with E-state index >= 15 is 0 Å². The van der Waals surface area contributed by atoms with Crippen LogP contribution in [0.5, 0.6) is 0 Å². The van der Waals surface area contributed by atoms with Crippen LogP contribution in [-0.2, 0) is 11.2 Å². The monoisotopic (exact) mass is 368 g/mol. The van der Waals surface area contributed by atoms with Gasteiger partial charge >= 0.3 is 0 Å². The molecule has 0 aliphatic heterocycles. The summed E-state index contributed by atoms with van der Waals surface area (Å²) >= 11 is 0. The van der Waals surface area contributed by atoms with E-state index in [0.29, 0.717) is 6.54 Å². The normalized spacial score (nSPS) is 10.4. The predicted octanol–water partition coefficient (Wildman–Crippen LogP) is 3.03. The van der Waals surface area contributed by atoms with Gasteiger partial charge in [-0.1, -0.05) is 6.42 Å². The van der Waals surface area contributed by atoms with Crippen molar-refractivity contribution in [2.45, 2.75) is 25.7 Å². The SMILES string of the molecule is CNCC(=O)N(C)CCCCCc1cc(-c2ccc(F)cc2)n[nH]1.Cl. The average molecular weight is 369 g/mol. The lowest BCUT2D eigenvalue weighted by Gasteiger charge is -2.16. The molecule has 7 heteroatoms. The van der Waals surface area contributed by atoms with Crippen molar-refractivity contribution in [2.24, 2.45) is 0 Å². The molecule has 138 valence electrons. The zero-order valence-electron chi connectivity index (χ0n) is 14.7.